The van der Waals surface area contributed by atoms with Crippen molar-refractivity contribution in [3.63, 3.8) is 0 Å². The monoisotopic (exact) mass is 566 g/mol. The Bertz CT molecular complexity index is 1680. The predicted octanol–water partition coefficient (Wildman–Crippen LogP) is 5.17. The van der Waals surface area contributed by atoms with Gasteiger partial charge < -0.3 is 20.1 Å². The summed E-state index contributed by atoms with van der Waals surface area (Å²) in [7, 11) is 0. The number of carbonyl (C=O) groups excluding carboxylic acids is 2. The number of ether oxygens (including phenoxy) is 2. The first-order chi connectivity index (χ1) is 20.2. The highest BCUT2D eigenvalue weighted by atomic mass is 16.6. The van der Waals surface area contributed by atoms with Crippen molar-refractivity contribution in [2.75, 3.05) is 0 Å². The number of hydrogen-bond acceptors (Lipinski definition) is 7. The number of fused-ring (bicyclic) bond motifs is 3. The van der Waals surface area contributed by atoms with Gasteiger partial charge in [0.1, 0.15) is 24.0 Å². The van der Waals surface area contributed by atoms with E-state index in [2.05, 4.69) is 25.9 Å². The Kier molecular flexibility index (Phi) is 8.33. The smallest absolute Gasteiger partial charge is 0.408 e. The van der Waals surface area contributed by atoms with E-state index < -0.39 is 29.7 Å². The van der Waals surface area contributed by atoms with Crippen molar-refractivity contribution in [1.29, 1.82) is 0 Å². The molecule has 10 nitrogen and oxygen atoms in total. The molecule has 2 atom stereocenters. The molecule has 2 N–H and O–H groups in total. The fourth-order valence-corrected chi connectivity index (χ4v) is 4.48. The molecule has 0 aliphatic rings. The van der Waals surface area contributed by atoms with E-state index in [4.69, 9.17) is 9.47 Å². The lowest BCUT2D eigenvalue weighted by molar-refractivity contribution is -0.123. The Morgan fingerprint density at radius 2 is 1.60 bits per heavy atom. The van der Waals surface area contributed by atoms with Gasteiger partial charge in [-0.15, -0.1) is 10.2 Å². The number of aromatic nitrogens is 4. The number of amides is 2. The number of benzene rings is 3. The highest BCUT2D eigenvalue weighted by molar-refractivity contribution is 5.93. The van der Waals surface area contributed by atoms with Crippen LogP contribution in [0.4, 0.5) is 4.79 Å². The zero-order valence-electron chi connectivity index (χ0n) is 24.1. The average molecular weight is 567 g/mol. The Hall–Kier alpha value is -4.99. The van der Waals surface area contributed by atoms with Crippen molar-refractivity contribution in [2.45, 2.75) is 58.4 Å². The third kappa shape index (κ3) is 7.01. The average Bonchev–Trinajstić information content (AvgIpc) is 3.41. The summed E-state index contributed by atoms with van der Waals surface area (Å²) >= 11 is 0. The van der Waals surface area contributed by atoms with Crippen molar-refractivity contribution in [3.05, 3.63) is 102 Å². The van der Waals surface area contributed by atoms with E-state index in [1.807, 2.05) is 78.9 Å². The largest absolute Gasteiger partial charge is 0.489 e. The van der Waals surface area contributed by atoms with Crippen LogP contribution >= 0.6 is 0 Å². The van der Waals surface area contributed by atoms with Crippen molar-refractivity contribution >= 4 is 28.4 Å². The molecule has 0 aliphatic heterocycles. The Balaban J connectivity index is 1.37. The van der Waals surface area contributed by atoms with Gasteiger partial charge in [-0.3, -0.25) is 4.79 Å². The molecule has 2 amide bonds. The van der Waals surface area contributed by atoms with Gasteiger partial charge in [0.15, 0.2) is 11.5 Å². The van der Waals surface area contributed by atoms with Crippen LogP contribution in [0.25, 0.3) is 16.4 Å². The number of nitrogens with zero attached hydrogens (tertiary/aromatic N) is 4. The molecule has 0 radical (unpaired) electrons. The van der Waals surface area contributed by atoms with E-state index in [1.165, 1.54) is 0 Å². The zero-order chi connectivity index (χ0) is 29.7. The fourth-order valence-electron chi connectivity index (χ4n) is 4.48. The zero-order valence-corrected chi connectivity index (χ0v) is 24.1. The second-order valence-corrected chi connectivity index (χ2v) is 11.1. The third-order valence-electron chi connectivity index (χ3n) is 6.54. The number of rotatable bonds is 9. The summed E-state index contributed by atoms with van der Waals surface area (Å²) < 4.78 is 12.9. The van der Waals surface area contributed by atoms with Gasteiger partial charge in [-0.2, -0.15) is 9.61 Å². The summed E-state index contributed by atoms with van der Waals surface area (Å²) in [6.45, 7) is 7.35. The maximum Gasteiger partial charge on any atom is 0.408 e. The number of nitrogens with one attached hydrogen (secondary N) is 2. The SMILES string of the molecule is C[C@H](NC(=O)OC(C)(C)C)C(=O)N[C@@H](Cc1ccc(OCc2ccccc2)cc1)c1nnc2c3ccccc3cnn12. The van der Waals surface area contributed by atoms with Crippen molar-refractivity contribution < 1.29 is 19.1 Å². The maximum absolute atomic E-state index is 13.3. The van der Waals surface area contributed by atoms with Gasteiger partial charge in [0, 0.05) is 17.2 Å². The summed E-state index contributed by atoms with van der Waals surface area (Å²) in [5, 5.41) is 20.9. The summed E-state index contributed by atoms with van der Waals surface area (Å²) in [5.74, 6) is 0.809. The second kappa shape index (κ2) is 12.3. The Labute approximate surface area is 244 Å². The molecular weight excluding hydrogens is 532 g/mol. The molecule has 5 aromatic rings. The quantitative estimate of drug-likeness (QED) is 0.253. The molecule has 5 rings (SSSR count). The Morgan fingerprint density at radius 1 is 0.881 bits per heavy atom. The first-order valence-electron chi connectivity index (χ1n) is 13.8. The van der Waals surface area contributed by atoms with Gasteiger partial charge >= 0.3 is 6.09 Å². The highest BCUT2D eigenvalue weighted by Crippen LogP contribution is 2.23. The number of hydrogen-bond donors (Lipinski definition) is 2. The van der Waals surface area contributed by atoms with Crippen LogP contribution in [0.5, 0.6) is 5.75 Å². The lowest BCUT2D eigenvalue weighted by Gasteiger charge is -2.23. The molecule has 0 saturated carbocycles. The standard InChI is InChI=1S/C32H34N6O4/c1-21(34-31(40)42-32(2,3)4)30(39)35-27(29-37-36-28-26-13-9-8-12-24(26)19-33-38(28)29)18-22-14-16-25(17-15-22)41-20-23-10-6-5-7-11-23/h5-17,19,21,27H,18,20H2,1-4H3,(H,34,40)(H,35,39)/t21-,27-/m0/s1. The second-order valence-electron chi connectivity index (χ2n) is 11.1. The van der Waals surface area contributed by atoms with E-state index in [9.17, 15) is 9.59 Å². The normalized spacial score (nSPS) is 13.0. The number of carbonyl (C=O) groups is 2. The van der Waals surface area contributed by atoms with Crippen molar-refractivity contribution in [1.82, 2.24) is 30.4 Å². The van der Waals surface area contributed by atoms with Crippen LogP contribution in [0.1, 0.15) is 50.7 Å². The summed E-state index contributed by atoms with van der Waals surface area (Å²) in [6, 6.07) is 24.0. The molecule has 0 unspecified atom stereocenters. The van der Waals surface area contributed by atoms with E-state index in [-0.39, 0.29) is 0 Å². The molecule has 0 aliphatic carbocycles. The third-order valence-corrected chi connectivity index (χ3v) is 6.54. The van der Waals surface area contributed by atoms with E-state index in [0.717, 1.165) is 27.6 Å². The molecule has 3 aromatic carbocycles. The predicted molar refractivity (Wildman–Crippen MR) is 159 cm³/mol. The molecular formula is C32H34N6O4. The van der Waals surface area contributed by atoms with E-state index in [1.54, 1.807) is 38.4 Å². The maximum atomic E-state index is 13.3. The van der Waals surface area contributed by atoms with Gasteiger partial charge in [-0.05, 0) is 51.0 Å². The first kappa shape index (κ1) is 28.5. The molecule has 0 fully saturated rings. The molecule has 0 spiro atoms. The van der Waals surface area contributed by atoms with Crippen LogP contribution in [-0.4, -0.2) is 43.5 Å². The fraction of sp³-hybridized carbons (Fsp3) is 0.281. The van der Waals surface area contributed by atoms with Gasteiger partial charge in [0.05, 0.1) is 12.2 Å². The van der Waals surface area contributed by atoms with E-state index >= 15 is 0 Å². The van der Waals surface area contributed by atoms with Crippen LogP contribution in [0.2, 0.25) is 0 Å². The van der Waals surface area contributed by atoms with Gasteiger partial charge in [-0.25, -0.2) is 4.79 Å². The molecule has 0 saturated heterocycles. The van der Waals surface area contributed by atoms with Crippen LogP contribution in [0.3, 0.4) is 0 Å². The van der Waals surface area contributed by atoms with Gasteiger partial charge in [0.2, 0.25) is 5.91 Å². The van der Waals surface area contributed by atoms with E-state index in [0.29, 0.717) is 24.5 Å². The van der Waals surface area contributed by atoms with Gasteiger partial charge in [-0.1, -0.05) is 66.7 Å². The summed E-state index contributed by atoms with van der Waals surface area (Å²) in [5.41, 5.74) is 1.93. The summed E-state index contributed by atoms with van der Waals surface area (Å²) in [4.78, 5) is 25.6. The van der Waals surface area contributed by atoms with Crippen LogP contribution in [0.15, 0.2) is 85.1 Å². The minimum Gasteiger partial charge on any atom is -0.489 e. The molecule has 2 heterocycles. The molecule has 42 heavy (non-hydrogen) atoms. The Morgan fingerprint density at radius 3 is 2.33 bits per heavy atom. The molecule has 2 aromatic heterocycles. The molecule has 216 valence electrons. The lowest BCUT2D eigenvalue weighted by atomic mass is 10.0. The van der Waals surface area contributed by atoms with Crippen molar-refractivity contribution in [3.8, 4) is 5.75 Å². The topological polar surface area (TPSA) is 120 Å². The van der Waals surface area contributed by atoms with Crippen LogP contribution < -0.4 is 15.4 Å². The first-order valence-corrected chi connectivity index (χ1v) is 13.8. The highest BCUT2D eigenvalue weighted by Gasteiger charge is 2.27. The minimum absolute atomic E-state index is 0.397. The van der Waals surface area contributed by atoms with Crippen molar-refractivity contribution in [2.24, 2.45) is 0 Å². The minimum atomic E-state index is -0.857. The summed E-state index contributed by atoms with van der Waals surface area (Å²) in [6.07, 6.45) is 1.48. The molecule has 10 heteroatoms. The van der Waals surface area contributed by atoms with Crippen LogP contribution in [0, 0.1) is 0 Å². The van der Waals surface area contributed by atoms with Gasteiger partial charge in [0.25, 0.3) is 0 Å². The lowest BCUT2D eigenvalue weighted by Crippen LogP contribution is -2.47. The van der Waals surface area contributed by atoms with Crippen LogP contribution in [-0.2, 0) is 22.6 Å². The molecule has 0 bridgehead atoms. The number of alkyl carbamates (subject to hydrolysis) is 1.